The highest BCUT2D eigenvalue weighted by Gasteiger charge is 2.20. The highest BCUT2D eigenvalue weighted by atomic mass is 35.5. The maximum atomic E-state index is 12.4. The zero-order chi connectivity index (χ0) is 17.8. The molecule has 1 atom stereocenters. The maximum absolute atomic E-state index is 12.4. The summed E-state index contributed by atoms with van der Waals surface area (Å²) in [7, 11) is 0. The lowest BCUT2D eigenvalue weighted by molar-refractivity contribution is 0.0944. The van der Waals surface area contributed by atoms with Crippen LogP contribution < -0.4 is 15.4 Å². The summed E-state index contributed by atoms with van der Waals surface area (Å²) in [6.45, 7) is 7.46. The van der Waals surface area contributed by atoms with Crippen molar-refractivity contribution in [3.63, 3.8) is 0 Å². The first-order chi connectivity index (χ1) is 12.0. The first kappa shape index (κ1) is 20.2. The minimum atomic E-state index is -0.183. The Kier molecular flexibility index (Phi) is 6.99. The molecule has 3 rings (SSSR count). The molecule has 1 unspecified atom stereocenters. The second kappa shape index (κ2) is 9.00. The molecule has 1 aliphatic rings. The molecule has 0 spiro atoms. The Morgan fingerprint density at radius 1 is 1.38 bits per heavy atom. The molecule has 2 heterocycles. The number of benzene rings is 1. The summed E-state index contributed by atoms with van der Waals surface area (Å²) in [6, 6.07) is 7.95. The number of aromatic nitrogens is 3. The summed E-state index contributed by atoms with van der Waals surface area (Å²) in [4.78, 5) is 12.4. The normalized spacial score (nSPS) is 16.4. The van der Waals surface area contributed by atoms with E-state index in [1.165, 1.54) is 0 Å². The Morgan fingerprint density at radius 2 is 2.12 bits per heavy atom. The Balaban J connectivity index is 0.00000243. The van der Waals surface area contributed by atoms with Crippen molar-refractivity contribution in [3.8, 4) is 11.4 Å². The molecule has 0 radical (unpaired) electrons. The number of rotatable bonds is 6. The number of ether oxygens (including phenoxy) is 1. The van der Waals surface area contributed by atoms with Crippen LogP contribution >= 0.6 is 12.4 Å². The molecule has 0 bridgehead atoms. The van der Waals surface area contributed by atoms with E-state index in [1.54, 1.807) is 4.68 Å². The largest absolute Gasteiger partial charge is 0.491 e. The number of amides is 1. The van der Waals surface area contributed by atoms with Gasteiger partial charge in [0.15, 0.2) is 5.69 Å². The lowest BCUT2D eigenvalue weighted by Gasteiger charge is -2.11. The summed E-state index contributed by atoms with van der Waals surface area (Å²) in [5, 5.41) is 14.5. The van der Waals surface area contributed by atoms with E-state index in [0.717, 1.165) is 36.5 Å². The fourth-order valence-corrected chi connectivity index (χ4v) is 2.95. The standard InChI is InChI=1S/C18H25N5O2.ClH/c1-12(2)25-16-8-6-15(7-9-16)23-13(3)17(21-22-23)18(24)20-11-14-5-4-10-19-14;/h6-9,12,14,19H,4-5,10-11H2,1-3H3,(H,20,24);1H. The van der Waals surface area contributed by atoms with Gasteiger partial charge in [-0.1, -0.05) is 5.21 Å². The monoisotopic (exact) mass is 379 g/mol. The van der Waals surface area contributed by atoms with E-state index in [9.17, 15) is 4.79 Å². The van der Waals surface area contributed by atoms with Gasteiger partial charge in [-0.05, 0) is 64.4 Å². The highest BCUT2D eigenvalue weighted by molar-refractivity contribution is 5.93. The van der Waals surface area contributed by atoms with Crippen molar-refractivity contribution in [1.29, 1.82) is 0 Å². The lowest BCUT2D eigenvalue weighted by atomic mass is 10.2. The van der Waals surface area contributed by atoms with E-state index in [4.69, 9.17) is 4.74 Å². The van der Waals surface area contributed by atoms with E-state index < -0.39 is 0 Å². The van der Waals surface area contributed by atoms with Gasteiger partial charge in [-0.3, -0.25) is 4.79 Å². The van der Waals surface area contributed by atoms with Gasteiger partial charge in [0, 0.05) is 12.6 Å². The Labute approximate surface area is 159 Å². The number of hydrogen-bond acceptors (Lipinski definition) is 5. The molecule has 142 valence electrons. The Bertz CT molecular complexity index is 724. The number of carbonyl (C=O) groups is 1. The SMILES string of the molecule is Cc1c(C(=O)NCC2CCCN2)nnn1-c1ccc(OC(C)C)cc1.Cl. The van der Waals surface area contributed by atoms with E-state index in [2.05, 4.69) is 20.9 Å². The average Bonchev–Trinajstić information content (AvgIpc) is 3.23. The quantitative estimate of drug-likeness (QED) is 0.804. The molecule has 1 aromatic carbocycles. The third kappa shape index (κ3) is 4.74. The van der Waals surface area contributed by atoms with Crippen LogP contribution in [0.1, 0.15) is 42.9 Å². The molecule has 2 aromatic rings. The molecular weight excluding hydrogens is 354 g/mol. The number of hydrogen-bond donors (Lipinski definition) is 2. The van der Waals surface area contributed by atoms with Gasteiger partial charge in [0.05, 0.1) is 17.5 Å². The highest BCUT2D eigenvalue weighted by Crippen LogP contribution is 2.18. The molecule has 0 aliphatic carbocycles. The van der Waals surface area contributed by atoms with Crippen LogP contribution in [0.25, 0.3) is 5.69 Å². The predicted molar refractivity (Wildman–Crippen MR) is 102 cm³/mol. The smallest absolute Gasteiger partial charge is 0.273 e. The van der Waals surface area contributed by atoms with Gasteiger partial charge in [-0.2, -0.15) is 0 Å². The fraction of sp³-hybridized carbons (Fsp3) is 0.500. The summed E-state index contributed by atoms with van der Waals surface area (Å²) in [5.41, 5.74) is 1.92. The molecule has 0 saturated carbocycles. The maximum Gasteiger partial charge on any atom is 0.273 e. The molecule has 7 nitrogen and oxygen atoms in total. The predicted octanol–water partition coefficient (Wildman–Crippen LogP) is 2.27. The molecule has 26 heavy (non-hydrogen) atoms. The van der Waals surface area contributed by atoms with Crippen LogP contribution in [0, 0.1) is 6.92 Å². The molecule has 1 saturated heterocycles. The van der Waals surface area contributed by atoms with Crippen molar-refractivity contribution >= 4 is 18.3 Å². The van der Waals surface area contributed by atoms with Crippen molar-refractivity contribution in [2.24, 2.45) is 0 Å². The fourth-order valence-electron chi connectivity index (χ4n) is 2.95. The molecule has 8 heteroatoms. The van der Waals surface area contributed by atoms with Crippen LogP contribution in [-0.2, 0) is 0 Å². The Morgan fingerprint density at radius 3 is 2.73 bits per heavy atom. The van der Waals surface area contributed by atoms with E-state index in [1.807, 2.05) is 45.0 Å². The first-order valence-corrected chi connectivity index (χ1v) is 8.75. The van der Waals surface area contributed by atoms with Crippen LogP contribution in [0.4, 0.5) is 0 Å². The second-order valence-electron chi connectivity index (χ2n) is 6.60. The van der Waals surface area contributed by atoms with Gasteiger partial charge in [-0.25, -0.2) is 4.68 Å². The molecule has 1 amide bonds. The number of halogens is 1. The summed E-state index contributed by atoms with van der Waals surface area (Å²) in [5.74, 6) is 0.621. The van der Waals surface area contributed by atoms with Gasteiger partial charge in [0.2, 0.25) is 0 Å². The minimum absolute atomic E-state index is 0. The van der Waals surface area contributed by atoms with Crippen molar-refractivity contribution in [2.45, 2.75) is 45.8 Å². The molecule has 1 fully saturated rings. The number of carbonyl (C=O) groups excluding carboxylic acids is 1. The van der Waals surface area contributed by atoms with Crippen molar-refractivity contribution in [1.82, 2.24) is 25.6 Å². The van der Waals surface area contributed by atoms with Gasteiger partial charge in [0.25, 0.3) is 5.91 Å². The molecule has 1 aromatic heterocycles. The van der Waals surface area contributed by atoms with Crippen LogP contribution in [-0.4, -0.2) is 46.1 Å². The summed E-state index contributed by atoms with van der Waals surface area (Å²) < 4.78 is 7.31. The van der Waals surface area contributed by atoms with Crippen LogP contribution in [0.3, 0.4) is 0 Å². The first-order valence-electron chi connectivity index (χ1n) is 8.75. The van der Waals surface area contributed by atoms with Crippen molar-refractivity contribution < 1.29 is 9.53 Å². The second-order valence-corrected chi connectivity index (χ2v) is 6.60. The molecule has 1 aliphatic heterocycles. The average molecular weight is 380 g/mol. The minimum Gasteiger partial charge on any atom is -0.491 e. The third-order valence-electron chi connectivity index (χ3n) is 4.23. The summed E-state index contributed by atoms with van der Waals surface area (Å²) >= 11 is 0. The zero-order valence-electron chi connectivity index (χ0n) is 15.4. The van der Waals surface area contributed by atoms with Gasteiger partial charge >= 0.3 is 0 Å². The van der Waals surface area contributed by atoms with Crippen molar-refractivity contribution in [2.75, 3.05) is 13.1 Å². The Hall–Kier alpha value is -2.12. The van der Waals surface area contributed by atoms with Crippen molar-refractivity contribution in [3.05, 3.63) is 35.7 Å². The molecule has 2 N–H and O–H groups in total. The van der Waals surface area contributed by atoms with Crippen LogP contribution in [0.15, 0.2) is 24.3 Å². The van der Waals surface area contributed by atoms with E-state index in [0.29, 0.717) is 18.3 Å². The van der Waals surface area contributed by atoms with Gasteiger partial charge < -0.3 is 15.4 Å². The zero-order valence-corrected chi connectivity index (χ0v) is 16.2. The summed E-state index contributed by atoms with van der Waals surface area (Å²) in [6.07, 6.45) is 2.38. The van der Waals surface area contributed by atoms with Crippen LogP contribution in [0.2, 0.25) is 0 Å². The lowest BCUT2D eigenvalue weighted by Crippen LogP contribution is -2.37. The molecular formula is C18H26ClN5O2. The number of nitrogens with zero attached hydrogens (tertiary/aromatic N) is 3. The van der Waals surface area contributed by atoms with Gasteiger partial charge in [-0.15, -0.1) is 17.5 Å². The van der Waals surface area contributed by atoms with Crippen LogP contribution in [0.5, 0.6) is 5.75 Å². The van der Waals surface area contributed by atoms with Gasteiger partial charge in [0.1, 0.15) is 5.75 Å². The third-order valence-corrected chi connectivity index (χ3v) is 4.23. The topological polar surface area (TPSA) is 81.1 Å². The number of nitrogens with one attached hydrogen (secondary N) is 2. The van der Waals surface area contributed by atoms with E-state index in [-0.39, 0.29) is 24.4 Å². The van der Waals surface area contributed by atoms with E-state index >= 15 is 0 Å².